The number of carbonyl (C=O) groups excluding carboxylic acids is 2. The lowest BCUT2D eigenvalue weighted by molar-refractivity contribution is -0.394. The van der Waals surface area contributed by atoms with Gasteiger partial charge < -0.3 is 20.1 Å². The number of nitrogens with zero attached hydrogens (tertiary/aromatic N) is 2. The van der Waals surface area contributed by atoms with E-state index in [1.807, 2.05) is 30.5 Å². The van der Waals surface area contributed by atoms with Crippen LogP contribution in [0.15, 0.2) is 42.7 Å². The Balaban J connectivity index is 1.26. The summed E-state index contributed by atoms with van der Waals surface area (Å²) in [5, 5.41) is 13.8. The molecular weight excluding hydrogens is 420 g/mol. The summed E-state index contributed by atoms with van der Waals surface area (Å²) in [5.74, 6) is 0.267. The van der Waals surface area contributed by atoms with Crippen LogP contribution in [0.5, 0.6) is 5.75 Å². The second-order valence-corrected chi connectivity index (χ2v) is 9.03. The summed E-state index contributed by atoms with van der Waals surface area (Å²) < 4.78 is 6.41. The largest absolute Gasteiger partial charge is 0.489 e. The number of rotatable bonds is 6. The first-order valence-corrected chi connectivity index (χ1v) is 11.7. The van der Waals surface area contributed by atoms with Gasteiger partial charge in [0.2, 0.25) is 0 Å². The molecule has 3 heterocycles. The maximum atomic E-state index is 12.9. The average Bonchev–Trinajstić information content (AvgIpc) is 3.14. The fourth-order valence-electron chi connectivity index (χ4n) is 5.04. The quantitative estimate of drug-likeness (QED) is 0.613. The molecule has 1 aromatic heterocycles. The fourth-order valence-corrected chi connectivity index (χ4v) is 5.04. The molecule has 172 valence electrons. The first kappa shape index (κ1) is 21.6. The summed E-state index contributed by atoms with van der Waals surface area (Å²) in [7, 11) is 0. The molecule has 1 aromatic carbocycles. The van der Waals surface area contributed by atoms with Gasteiger partial charge in [0.1, 0.15) is 11.9 Å². The lowest BCUT2D eigenvalue weighted by atomic mass is 9.92. The lowest BCUT2D eigenvalue weighted by Crippen LogP contribution is -2.82. The Morgan fingerprint density at radius 3 is 2.88 bits per heavy atom. The van der Waals surface area contributed by atoms with E-state index in [0.29, 0.717) is 24.9 Å². The van der Waals surface area contributed by atoms with Gasteiger partial charge in [0.15, 0.2) is 6.04 Å². The molecule has 1 fully saturated rings. The number of hydrogen-bond donors (Lipinski definition) is 3. The first-order valence-electron chi connectivity index (χ1n) is 11.7. The summed E-state index contributed by atoms with van der Waals surface area (Å²) in [6.07, 6.45) is 8.79. The molecule has 3 atom stereocenters. The zero-order chi connectivity index (χ0) is 22.8. The van der Waals surface area contributed by atoms with Crippen molar-refractivity contribution in [3.8, 4) is 5.75 Å². The molecule has 3 N–H and O–H groups in total. The molecular formula is C25H29N4O4+. The number of ether oxygens (including phenoxy) is 1. The van der Waals surface area contributed by atoms with Gasteiger partial charge in [0.25, 0.3) is 5.91 Å². The van der Waals surface area contributed by atoms with Crippen molar-refractivity contribution in [1.29, 1.82) is 0 Å². The van der Waals surface area contributed by atoms with Crippen molar-refractivity contribution in [1.82, 2.24) is 15.2 Å². The number of hydrogen-bond acceptors (Lipinski definition) is 5. The maximum Gasteiger partial charge on any atom is 0.388 e. The Morgan fingerprint density at radius 1 is 1.18 bits per heavy atom. The Hall–Kier alpha value is -3.26. The van der Waals surface area contributed by atoms with Crippen LogP contribution in [0.4, 0.5) is 0 Å². The van der Waals surface area contributed by atoms with Gasteiger partial charge in [-0.1, -0.05) is 12.5 Å². The number of fused-ring (bicyclic) bond motifs is 1. The van der Waals surface area contributed by atoms with Crippen molar-refractivity contribution < 1.29 is 24.4 Å². The van der Waals surface area contributed by atoms with Gasteiger partial charge in [0.05, 0.1) is 6.42 Å². The van der Waals surface area contributed by atoms with Crippen LogP contribution < -0.4 is 15.0 Å². The van der Waals surface area contributed by atoms with E-state index in [2.05, 4.69) is 21.4 Å². The van der Waals surface area contributed by atoms with Gasteiger partial charge in [-0.3, -0.25) is 9.78 Å². The van der Waals surface area contributed by atoms with Crippen LogP contribution in [0.25, 0.3) is 0 Å². The highest BCUT2D eigenvalue weighted by Gasteiger charge is 2.41. The average molecular weight is 450 g/mol. The van der Waals surface area contributed by atoms with Gasteiger partial charge >= 0.3 is 11.8 Å². The molecule has 1 saturated carbocycles. The lowest BCUT2D eigenvalue weighted by Gasteiger charge is -2.32. The molecule has 8 nitrogen and oxygen atoms in total. The molecule has 0 radical (unpaired) electrons. The fraction of sp³-hybridized carbons (Fsp3) is 0.440. The Bertz CT molecular complexity index is 1070. The topological polar surface area (TPSA) is 106 Å². The van der Waals surface area contributed by atoms with E-state index >= 15 is 0 Å². The summed E-state index contributed by atoms with van der Waals surface area (Å²) in [6, 6.07) is 9.38. The number of pyridine rings is 1. The molecule has 5 rings (SSSR count). The Kier molecular flexibility index (Phi) is 6.09. The molecule has 2 aromatic rings. The number of aromatic nitrogens is 1. The first-order chi connectivity index (χ1) is 16.1. The monoisotopic (exact) mass is 449 g/mol. The van der Waals surface area contributed by atoms with Crippen molar-refractivity contribution in [3.05, 3.63) is 59.4 Å². The summed E-state index contributed by atoms with van der Waals surface area (Å²) in [6.45, 7) is 1.15. The number of benzene rings is 1. The third kappa shape index (κ3) is 4.61. The number of nitrogens with one attached hydrogen (secondary N) is 2. The molecule has 1 unspecified atom stereocenters. The highest BCUT2D eigenvalue weighted by Crippen LogP contribution is 2.31. The van der Waals surface area contributed by atoms with Gasteiger partial charge in [-0.25, -0.2) is 4.79 Å². The maximum absolute atomic E-state index is 12.9. The highest BCUT2D eigenvalue weighted by molar-refractivity contribution is 6.01. The summed E-state index contributed by atoms with van der Waals surface area (Å²) in [5.41, 5.74) is 2.66. The summed E-state index contributed by atoms with van der Waals surface area (Å²) in [4.78, 5) is 32.7. The normalized spacial score (nSPS) is 25.0. The van der Waals surface area contributed by atoms with Crippen molar-refractivity contribution in [2.45, 2.75) is 69.8 Å². The minimum Gasteiger partial charge on any atom is -0.489 e. The minimum atomic E-state index is -0.494. The van der Waals surface area contributed by atoms with E-state index < -0.39 is 6.04 Å². The van der Waals surface area contributed by atoms with Gasteiger partial charge in [-0.2, -0.15) is 0 Å². The van der Waals surface area contributed by atoms with E-state index in [1.54, 1.807) is 11.1 Å². The van der Waals surface area contributed by atoms with Crippen molar-refractivity contribution in [2.75, 3.05) is 0 Å². The molecule has 2 aliphatic heterocycles. The highest BCUT2D eigenvalue weighted by atomic mass is 16.5. The molecule has 8 heteroatoms. The molecule has 1 aliphatic carbocycles. The molecule has 0 bridgehead atoms. The van der Waals surface area contributed by atoms with Gasteiger partial charge in [-0.05, 0) is 61.1 Å². The third-order valence-electron chi connectivity index (χ3n) is 6.79. The van der Waals surface area contributed by atoms with Crippen LogP contribution >= 0.6 is 0 Å². The van der Waals surface area contributed by atoms with Gasteiger partial charge in [0, 0.05) is 37.1 Å². The number of carbonyl (C=O) groups is 2. The number of amides is 2. The minimum absolute atomic E-state index is 0.0626. The second-order valence-electron chi connectivity index (χ2n) is 9.03. The second kappa shape index (κ2) is 9.31. The number of aliphatic hydroxyl groups is 1. The van der Waals surface area contributed by atoms with Crippen LogP contribution in [-0.4, -0.2) is 50.9 Å². The summed E-state index contributed by atoms with van der Waals surface area (Å²) >= 11 is 0. The van der Waals surface area contributed by atoms with Crippen molar-refractivity contribution in [2.24, 2.45) is 0 Å². The SMILES string of the molecule is O=C1CCC(N2Cc3cc(O[C@@H]4CCCC[C@H]4NCc4cccnc4)ccc3C2=O)C(O)=[NH+]1. The van der Waals surface area contributed by atoms with Crippen LogP contribution in [0, 0.1) is 0 Å². The van der Waals surface area contributed by atoms with E-state index in [-0.39, 0.29) is 29.9 Å². The Labute approximate surface area is 192 Å². The number of aliphatic hydroxyl groups excluding tert-OH is 1. The van der Waals surface area contributed by atoms with Crippen LogP contribution in [0.2, 0.25) is 0 Å². The third-order valence-corrected chi connectivity index (χ3v) is 6.79. The predicted octanol–water partition coefficient (Wildman–Crippen LogP) is 1.24. The van der Waals surface area contributed by atoms with E-state index in [1.165, 1.54) is 6.42 Å². The smallest absolute Gasteiger partial charge is 0.388 e. The van der Waals surface area contributed by atoms with Gasteiger partial charge in [-0.15, -0.1) is 4.99 Å². The van der Waals surface area contributed by atoms with Crippen molar-refractivity contribution in [3.63, 3.8) is 0 Å². The van der Waals surface area contributed by atoms with Crippen LogP contribution in [0.1, 0.15) is 60.0 Å². The standard InChI is InChI=1S/C25H28N4O4/c30-23-10-9-21(24(31)28-23)29-15-17-12-18(7-8-19(17)25(29)32)33-22-6-2-1-5-20(22)27-14-16-4-3-11-26-13-16/h3-4,7-8,11-13,20-22,27H,1-2,5-6,9-10,14-15H2,(H,28,30,31)/p+1/t20-,21?,22-/m1/s1. The zero-order valence-corrected chi connectivity index (χ0v) is 18.5. The predicted molar refractivity (Wildman–Crippen MR) is 121 cm³/mol. The van der Waals surface area contributed by atoms with Crippen LogP contribution in [0.3, 0.4) is 0 Å². The molecule has 0 saturated heterocycles. The van der Waals surface area contributed by atoms with Crippen molar-refractivity contribution >= 4 is 17.7 Å². The molecule has 2 amide bonds. The van der Waals surface area contributed by atoms with E-state index in [9.17, 15) is 14.7 Å². The molecule has 33 heavy (non-hydrogen) atoms. The van der Waals surface area contributed by atoms with E-state index in [4.69, 9.17) is 4.74 Å². The van der Waals surface area contributed by atoms with E-state index in [0.717, 1.165) is 42.7 Å². The molecule has 3 aliphatic rings. The zero-order valence-electron chi connectivity index (χ0n) is 18.5. The molecule has 0 spiro atoms. The Morgan fingerprint density at radius 2 is 2.06 bits per heavy atom. The van der Waals surface area contributed by atoms with Crippen LogP contribution in [-0.2, 0) is 17.9 Å².